The van der Waals surface area contributed by atoms with Crippen molar-refractivity contribution < 1.29 is 19.2 Å². The van der Waals surface area contributed by atoms with Crippen LogP contribution >= 0.6 is 11.8 Å². The number of carbonyl (C=O) groups excluding carboxylic acids is 1. The Balaban J connectivity index is 2.39. The Labute approximate surface area is 122 Å². The summed E-state index contributed by atoms with van der Waals surface area (Å²) in [5, 5.41) is 15.2. The number of rotatable bonds is 6. The number of nitrogens with zero attached hydrogens (tertiary/aromatic N) is 1. The first-order valence-electron chi connectivity index (χ1n) is 6.27. The van der Waals surface area contributed by atoms with Crippen LogP contribution in [0.25, 0.3) is 0 Å². The number of carbonyl (C=O) groups is 2. The van der Waals surface area contributed by atoms with Crippen LogP contribution in [0.15, 0.2) is 10.6 Å². The van der Waals surface area contributed by atoms with E-state index in [9.17, 15) is 9.59 Å². The van der Waals surface area contributed by atoms with Crippen molar-refractivity contribution in [2.45, 2.75) is 33.1 Å². The van der Waals surface area contributed by atoms with E-state index in [1.54, 1.807) is 13.0 Å². The Morgan fingerprint density at radius 1 is 1.50 bits per heavy atom. The van der Waals surface area contributed by atoms with Crippen molar-refractivity contribution in [3.8, 4) is 0 Å². The Kier molecular flexibility index (Phi) is 5.62. The van der Waals surface area contributed by atoms with E-state index in [1.165, 1.54) is 11.8 Å². The van der Waals surface area contributed by atoms with Gasteiger partial charge in [0.25, 0.3) is 0 Å². The molecule has 0 bridgehead atoms. The fourth-order valence-electron chi connectivity index (χ4n) is 1.26. The van der Waals surface area contributed by atoms with Crippen LogP contribution in [0.2, 0.25) is 0 Å². The van der Waals surface area contributed by atoms with E-state index >= 15 is 0 Å². The lowest BCUT2D eigenvalue weighted by Crippen LogP contribution is -2.17. The smallest absolute Gasteiger partial charge is 0.307 e. The third-order valence-corrected chi connectivity index (χ3v) is 3.77. The highest BCUT2D eigenvalue weighted by molar-refractivity contribution is 8.00. The summed E-state index contributed by atoms with van der Waals surface area (Å²) >= 11 is 1.27. The molecule has 20 heavy (non-hydrogen) atoms. The summed E-state index contributed by atoms with van der Waals surface area (Å²) in [6.45, 7) is 7.61. The third-order valence-electron chi connectivity index (χ3n) is 2.56. The minimum Gasteiger partial charge on any atom is -0.481 e. The second kappa shape index (κ2) is 6.78. The lowest BCUT2D eigenvalue weighted by atomic mass is 9.92. The normalized spacial score (nSPS) is 13.0. The van der Waals surface area contributed by atoms with Crippen LogP contribution < -0.4 is 5.32 Å². The largest absolute Gasteiger partial charge is 0.481 e. The van der Waals surface area contributed by atoms with Gasteiger partial charge in [0.15, 0.2) is 0 Å². The second-order valence-corrected chi connectivity index (χ2v) is 6.66. The molecule has 1 atom stereocenters. The first-order valence-corrected chi connectivity index (χ1v) is 7.43. The molecule has 0 radical (unpaired) electrons. The maximum absolute atomic E-state index is 11.7. The quantitative estimate of drug-likeness (QED) is 0.838. The van der Waals surface area contributed by atoms with Crippen LogP contribution in [0, 0.1) is 5.92 Å². The number of anilines is 1. The molecule has 0 aromatic carbocycles. The maximum Gasteiger partial charge on any atom is 0.307 e. The summed E-state index contributed by atoms with van der Waals surface area (Å²) < 4.78 is 5.04. The van der Waals surface area contributed by atoms with Gasteiger partial charge in [-0.2, -0.15) is 11.8 Å². The molecule has 0 fully saturated rings. The molecule has 0 aliphatic carbocycles. The van der Waals surface area contributed by atoms with Gasteiger partial charge in [-0.3, -0.25) is 14.9 Å². The van der Waals surface area contributed by atoms with Crippen molar-refractivity contribution in [2.75, 3.05) is 16.8 Å². The Morgan fingerprint density at radius 3 is 2.65 bits per heavy atom. The first-order chi connectivity index (χ1) is 9.20. The molecular formula is C13H20N2O4S. The molecule has 1 aromatic heterocycles. The summed E-state index contributed by atoms with van der Waals surface area (Å²) in [7, 11) is 0. The lowest BCUT2D eigenvalue weighted by molar-refractivity contribution is -0.140. The summed E-state index contributed by atoms with van der Waals surface area (Å²) in [6, 6.07) is 1.70. The molecule has 0 aliphatic rings. The Hall–Kier alpha value is -1.50. The molecule has 0 saturated carbocycles. The number of hydrogen-bond donors (Lipinski definition) is 2. The third kappa shape index (κ3) is 5.24. The highest BCUT2D eigenvalue weighted by atomic mass is 32.2. The SMILES string of the molecule is CC(CSCC(=O)Nc1cc(C(C)(C)C)no1)C(=O)O. The number of aromatic nitrogens is 1. The fourth-order valence-corrected chi connectivity index (χ4v) is 2.13. The van der Waals surface area contributed by atoms with Gasteiger partial charge in [0, 0.05) is 17.2 Å². The molecule has 0 saturated heterocycles. The lowest BCUT2D eigenvalue weighted by Gasteiger charge is -2.12. The summed E-state index contributed by atoms with van der Waals surface area (Å²) in [6.07, 6.45) is 0. The van der Waals surface area contributed by atoms with Crippen molar-refractivity contribution in [1.82, 2.24) is 5.16 Å². The van der Waals surface area contributed by atoms with E-state index in [-0.39, 0.29) is 17.1 Å². The predicted molar refractivity (Wildman–Crippen MR) is 78.0 cm³/mol. The molecule has 1 amide bonds. The molecule has 1 aromatic rings. The van der Waals surface area contributed by atoms with Crippen LogP contribution in [-0.2, 0) is 15.0 Å². The van der Waals surface area contributed by atoms with Gasteiger partial charge in [0.1, 0.15) is 0 Å². The highest BCUT2D eigenvalue weighted by Gasteiger charge is 2.19. The van der Waals surface area contributed by atoms with E-state index in [0.29, 0.717) is 11.6 Å². The minimum atomic E-state index is -0.858. The highest BCUT2D eigenvalue weighted by Crippen LogP contribution is 2.23. The molecule has 7 heteroatoms. The van der Waals surface area contributed by atoms with Gasteiger partial charge in [0.2, 0.25) is 11.8 Å². The van der Waals surface area contributed by atoms with Gasteiger partial charge in [-0.05, 0) is 0 Å². The number of carboxylic acid groups (broad SMARTS) is 1. The van der Waals surface area contributed by atoms with Crippen LogP contribution in [0.1, 0.15) is 33.4 Å². The molecule has 1 rings (SSSR count). The molecule has 2 N–H and O–H groups in total. The number of nitrogens with one attached hydrogen (secondary N) is 1. The number of hydrogen-bond acceptors (Lipinski definition) is 5. The van der Waals surface area contributed by atoms with Crippen LogP contribution in [0.5, 0.6) is 0 Å². The Morgan fingerprint density at radius 2 is 2.15 bits per heavy atom. The van der Waals surface area contributed by atoms with Crippen molar-refractivity contribution in [1.29, 1.82) is 0 Å². The molecular weight excluding hydrogens is 280 g/mol. The second-order valence-electron chi connectivity index (χ2n) is 5.63. The van der Waals surface area contributed by atoms with Crippen molar-refractivity contribution >= 4 is 29.5 Å². The van der Waals surface area contributed by atoms with E-state index in [0.717, 1.165) is 5.69 Å². The zero-order chi connectivity index (χ0) is 15.3. The van der Waals surface area contributed by atoms with E-state index in [4.69, 9.17) is 9.63 Å². The average Bonchev–Trinajstić information content (AvgIpc) is 2.76. The minimum absolute atomic E-state index is 0.141. The van der Waals surface area contributed by atoms with Crippen molar-refractivity contribution in [2.24, 2.45) is 5.92 Å². The molecule has 6 nitrogen and oxygen atoms in total. The summed E-state index contributed by atoms with van der Waals surface area (Å²) in [5.41, 5.74) is 0.623. The Bertz CT molecular complexity index is 479. The molecule has 112 valence electrons. The fraction of sp³-hybridized carbons (Fsp3) is 0.615. The molecule has 0 aliphatic heterocycles. The number of thioether (sulfide) groups is 1. The maximum atomic E-state index is 11.7. The van der Waals surface area contributed by atoms with E-state index in [1.807, 2.05) is 20.8 Å². The summed E-state index contributed by atoms with van der Waals surface area (Å²) in [4.78, 5) is 22.3. The zero-order valence-corrected chi connectivity index (χ0v) is 12.9. The van der Waals surface area contributed by atoms with Gasteiger partial charge >= 0.3 is 5.97 Å². The number of aliphatic carboxylic acids is 1. The summed E-state index contributed by atoms with van der Waals surface area (Å²) in [5.74, 6) is -0.667. The molecule has 1 heterocycles. The van der Waals surface area contributed by atoms with E-state index in [2.05, 4.69) is 10.5 Å². The van der Waals surface area contributed by atoms with Crippen molar-refractivity contribution in [3.63, 3.8) is 0 Å². The van der Waals surface area contributed by atoms with Gasteiger partial charge in [-0.15, -0.1) is 0 Å². The average molecular weight is 300 g/mol. The molecule has 1 unspecified atom stereocenters. The van der Waals surface area contributed by atoms with Gasteiger partial charge in [-0.25, -0.2) is 0 Å². The number of amides is 1. The van der Waals surface area contributed by atoms with Gasteiger partial charge < -0.3 is 9.63 Å². The first kappa shape index (κ1) is 16.6. The monoisotopic (exact) mass is 300 g/mol. The van der Waals surface area contributed by atoms with Crippen molar-refractivity contribution in [3.05, 3.63) is 11.8 Å². The van der Waals surface area contributed by atoms with Gasteiger partial charge in [0.05, 0.1) is 17.4 Å². The molecule has 0 spiro atoms. The predicted octanol–water partition coefficient (Wildman–Crippen LogP) is 2.36. The van der Waals surface area contributed by atoms with Crippen LogP contribution in [0.3, 0.4) is 0 Å². The zero-order valence-electron chi connectivity index (χ0n) is 12.1. The topological polar surface area (TPSA) is 92.4 Å². The van der Waals surface area contributed by atoms with Gasteiger partial charge in [-0.1, -0.05) is 32.9 Å². The van der Waals surface area contributed by atoms with E-state index < -0.39 is 11.9 Å². The number of carboxylic acids is 1. The van der Waals surface area contributed by atoms with Crippen LogP contribution in [0.4, 0.5) is 5.88 Å². The van der Waals surface area contributed by atoms with Crippen LogP contribution in [-0.4, -0.2) is 33.6 Å². The standard InChI is InChI=1S/C13H20N2O4S/c1-8(12(17)18)6-20-7-10(16)14-11-5-9(15-19-11)13(2,3)4/h5,8H,6-7H2,1-4H3,(H,14,16)(H,17,18).